The fourth-order valence-electron chi connectivity index (χ4n) is 10.1. The van der Waals surface area contributed by atoms with Crippen LogP contribution in [-0.2, 0) is 5.41 Å². The number of para-hydroxylation sites is 2. The molecule has 1 aliphatic rings. The smallest absolute Gasteiger partial charge is 0.0713 e. The van der Waals surface area contributed by atoms with Gasteiger partial charge in [0.05, 0.1) is 16.4 Å². The second-order valence-corrected chi connectivity index (χ2v) is 16.1. The molecule has 0 saturated heterocycles. The van der Waals surface area contributed by atoms with Crippen LogP contribution in [-0.4, -0.2) is 4.57 Å². The normalized spacial score (nSPS) is 12.7. The summed E-state index contributed by atoms with van der Waals surface area (Å²) in [5.74, 6) is 0. The van der Waals surface area contributed by atoms with Crippen LogP contribution in [0.25, 0.3) is 60.5 Å². The van der Waals surface area contributed by atoms with Gasteiger partial charge in [0, 0.05) is 33.5 Å². The molecule has 2 nitrogen and oxygen atoms in total. The monoisotopic (exact) mass is 776 g/mol. The van der Waals surface area contributed by atoms with E-state index in [1.54, 1.807) is 0 Å². The predicted octanol–water partition coefficient (Wildman–Crippen LogP) is 15.4. The molecule has 12 rings (SSSR count). The van der Waals surface area contributed by atoms with Gasteiger partial charge in [0.15, 0.2) is 0 Å². The number of anilines is 3. The molecule has 11 aromatic rings. The van der Waals surface area contributed by atoms with Gasteiger partial charge < -0.3 is 9.47 Å². The van der Waals surface area contributed by atoms with E-state index in [-0.39, 0.29) is 0 Å². The number of hydrogen-bond acceptors (Lipinski definition) is 1. The standard InChI is InChI=1S/C59H40N2/c1-4-18-45(19-5-1)59(55-26-14-12-24-51(55)52-25-13-15-27-56(52)59)46-32-37-57-54(39-46)53-36-35-50(40-58(53)61(57)48-22-8-3-9-23-48)60(47-20-6-2-7-21-47)49-33-30-42(31-34-49)44-29-28-41-16-10-11-17-43(41)38-44/h1-40H. The van der Waals surface area contributed by atoms with Gasteiger partial charge in [0.1, 0.15) is 0 Å². The molecule has 286 valence electrons. The second-order valence-electron chi connectivity index (χ2n) is 16.1. The van der Waals surface area contributed by atoms with Gasteiger partial charge in [0.25, 0.3) is 0 Å². The van der Waals surface area contributed by atoms with Gasteiger partial charge >= 0.3 is 0 Å². The lowest BCUT2D eigenvalue weighted by Gasteiger charge is -2.34. The van der Waals surface area contributed by atoms with E-state index in [4.69, 9.17) is 0 Å². The highest BCUT2D eigenvalue weighted by molar-refractivity contribution is 6.11. The molecule has 1 aromatic heterocycles. The highest BCUT2D eigenvalue weighted by Gasteiger charge is 2.46. The number of rotatable bonds is 7. The quantitative estimate of drug-likeness (QED) is 0.156. The molecular weight excluding hydrogens is 737 g/mol. The van der Waals surface area contributed by atoms with E-state index >= 15 is 0 Å². The van der Waals surface area contributed by atoms with Crippen molar-refractivity contribution >= 4 is 49.6 Å². The molecule has 0 bridgehead atoms. The van der Waals surface area contributed by atoms with Crippen LogP contribution in [0.3, 0.4) is 0 Å². The first-order chi connectivity index (χ1) is 30.3. The molecule has 1 heterocycles. The topological polar surface area (TPSA) is 8.17 Å². The summed E-state index contributed by atoms with van der Waals surface area (Å²) in [7, 11) is 0. The largest absolute Gasteiger partial charge is 0.310 e. The van der Waals surface area contributed by atoms with Crippen LogP contribution in [0.1, 0.15) is 22.3 Å². The lowest BCUT2D eigenvalue weighted by molar-refractivity contribution is 0.770. The summed E-state index contributed by atoms with van der Waals surface area (Å²) in [5.41, 5.74) is 16.5. The molecule has 10 aromatic carbocycles. The molecule has 0 saturated carbocycles. The van der Waals surface area contributed by atoms with Crippen molar-refractivity contribution in [2.45, 2.75) is 5.41 Å². The van der Waals surface area contributed by atoms with Gasteiger partial charge in [-0.3, -0.25) is 0 Å². The van der Waals surface area contributed by atoms with Gasteiger partial charge in [-0.05, 0) is 122 Å². The van der Waals surface area contributed by atoms with Crippen LogP contribution in [0, 0.1) is 0 Å². The van der Waals surface area contributed by atoms with E-state index in [1.807, 2.05) is 0 Å². The first kappa shape index (κ1) is 35.0. The molecular formula is C59H40N2. The summed E-state index contributed by atoms with van der Waals surface area (Å²) >= 11 is 0. The molecule has 0 amide bonds. The Morgan fingerprint density at radius 3 is 1.62 bits per heavy atom. The fourth-order valence-corrected chi connectivity index (χ4v) is 10.1. The van der Waals surface area contributed by atoms with E-state index in [0.717, 1.165) is 28.3 Å². The van der Waals surface area contributed by atoms with Crippen molar-refractivity contribution < 1.29 is 0 Å². The van der Waals surface area contributed by atoms with Gasteiger partial charge in [-0.2, -0.15) is 0 Å². The zero-order valence-electron chi connectivity index (χ0n) is 33.5. The van der Waals surface area contributed by atoms with Crippen molar-refractivity contribution in [3.8, 4) is 27.9 Å². The van der Waals surface area contributed by atoms with Crippen LogP contribution in [0.5, 0.6) is 0 Å². The average Bonchev–Trinajstić information content (AvgIpc) is 3.83. The number of nitrogens with zero attached hydrogens (tertiary/aromatic N) is 2. The zero-order valence-corrected chi connectivity index (χ0v) is 33.5. The van der Waals surface area contributed by atoms with Gasteiger partial charge in [0.2, 0.25) is 0 Å². The molecule has 0 radical (unpaired) electrons. The molecule has 0 atom stereocenters. The first-order valence-corrected chi connectivity index (χ1v) is 21.1. The lowest BCUT2D eigenvalue weighted by atomic mass is 9.67. The number of hydrogen-bond donors (Lipinski definition) is 0. The van der Waals surface area contributed by atoms with Crippen LogP contribution in [0.4, 0.5) is 17.1 Å². The predicted molar refractivity (Wildman–Crippen MR) is 256 cm³/mol. The Bertz CT molecular complexity index is 3360. The SMILES string of the molecule is c1ccc(N(c2ccc(-c3ccc4ccccc4c3)cc2)c2ccc3c4cc(C5(c6ccccc6)c6ccccc6-c6ccccc65)ccc4n(-c4ccccc4)c3c2)cc1. The summed E-state index contributed by atoms with van der Waals surface area (Å²) in [6.45, 7) is 0. The Kier molecular flexibility index (Phi) is 8.11. The molecule has 0 unspecified atom stereocenters. The first-order valence-electron chi connectivity index (χ1n) is 21.1. The molecule has 0 N–H and O–H groups in total. The van der Waals surface area contributed by atoms with E-state index < -0.39 is 5.41 Å². The summed E-state index contributed by atoms with van der Waals surface area (Å²) in [6.07, 6.45) is 0. The number of benzene rings is 10. The minimum Gasteiger partial charge on any atom is -0.310 e. The van der Waals surface area contributed by atoms with Crippen molar-refractivity contribution in [1.82, 2.24) is 4.57 Å². The van der Waals surface area contributed by atoms with Gasteiger partial charge in [-0.15, -0.1) is 0 Å². The zero-order chi connectivity index (χ0) is 40.3. The van der Waals surface area contributed by atoms with Gasteiger partial charge in [-0.1, -0.05) is 176 Å². The fraction of sp³-hybridized carbons (Fsp3) is 0.0169. The molecule has 61 heavy (non-hydrogen) atoms. The Balaban J connectivity index is 1.06. The van der Waals surface area contributed by atoms with Crippen LogP contribution in [0.15, 0.2) is 243 Å². The maximum atomic E-state index is 2.48. The maximum Gasteiger partial charge on any atom is 0.0713 e. The maximum absolute atomic E-state index is 2.48. The van der Waals surface area contributed by atoms with E-state index in [1.165, 1.54) is 71.6 Å². The minimum atomic E-state index is -0.479. The van der Waals surface area contributed by atoms with Crippen LogP contribution in [0.2, 0.25) is 0 Å². The van der Waals surface area contributed by atoms with Crippen molar-refractivity contribution in [2.75, 3.05) is 4.90 Å². The highest BCUT2D eigenvalue weighted by Crippen LogP contribution is 2.56. The summed E-state index contributed by atoms with van der Waals surface area (Å²) < 4.78 is 2.44. The Labute approximate surface area is 355 Å². The van der Waals surface area contributed by atoms with Gasteiger partial charge in [-0.25, -0.2) is 0 Å². The van der Waals surface area contributed by atoms with Crippen LogP contribution < -0.4 is 4.90 Å². The molecule has 0 aliphatic heterocycles. The second kappa shape index (κ2) is 14.1. The molecule has 0 fully saturated rings. The Hall–Kier alpha value is -7.94. The van der Waals surface area contributed by atoms with Crippen LogP contribution >= 0.6 is 0 Å². The minimum absolute atomic E-state index is 0.479. The van der Waals surface area contributed by atoms with E-state index in [2.05, 4.69) is 252 Å². The number of fused-ring (bicyclic) bond motifs is 7. The third-order valence-electron chi connectivity index (χ3n) is 12.8. The van der Waals surface area contributed by atoms with Crippen molar-refractivity contribution in [1.29, 1.82) is 0 Å². The third-order valence-corrected chi connectivity index (χ3v) is 12.8. The summed E-state index contributed by atoms with van der Waals surface area (Å²) in [4.78, 5) is 2.37. The summed E-state index contributed by atoms with van der Waals surface area (Å²) in [5, 5.41) is 4.94. The van der Waals surface area contributed by atoms with Crippen molar-refractivity contribution in [3.63, 3.8) is 0 Å². The Morgan fingerprint density at radius 2 is 0.902 bits per heavy atom. The van der Waals surface area contributed by atoms with Crippen molar-refractivity contribution in [2.24, 2.45) is 0 Å². The molecule has 1 aliphatic carbocycles. The highest BCUT2D eigenvalue weighted by atomic mass is 15.1. The Morgan fingerprint density at radius 1 is 0.328 bits per heavy atom. The lowest BCUT2D eigenvalue weighted by Crippen LogP contribution is -2.28. The average molecular weight is 777 g/mol. The molecule has 0 spiro atoms. The third kappa shape index (κ3) is 5.50. The van der Waals surface area contributed by atoms with Crippen molar-refractivity contribution in [3.05, 3.63) is 265 Å². The molecule has 2 heteroatoms. The van der Waals surface area contributed by atoms with E-state index in [9.17, 15) is 0 Å². The summed E-state index contributed by atoms with van der Waals surface area (Å²) in [6, 6.07) is 89.0. The number of aromatic nitrogens is 1. The van der Waals surface area contributed by atoms with E-state index in [0.29, 0.717) is 0 Å².